The quantitative estimate of drug-likeness (QED) is 0.561. The van der Waals surface area contributed by atoms with E-state index in [-0.39, 0.29) is 5.91 Å². The minimum atomic E-state index is -0.170. The molecule has 0 aliphatic heterocycles. The summed E-state index contributed by atoms with van der Waals surface area (Å²) in [7, 11) is 0. The van der Waals surface area contributed by atoms with Gasteiger partial charge in [0.05, 0.1) is 11.4 Å². The van der Waals surface area contributed by atoms with E-state index in [4.69, 9.17) is 0 Å². The summed E-state index contributed by atoms with van der Waals surface area (Å²) in [4.78, 5) is 17.9. The zero-order valence-corrected chi connectivity index (χ0v) is 16.0. The number of hydrogen-bond acceptors (Lipinski definition) is 5. The minimum absolute atomic E-state index is 0.170. The Morgan fingerprint density at radius 2 is 2.15 bits per heavy atom. The second-order valence-electron chi connectivity index (χ2n) is 6.43. The smallest absolute Gasteiger partial charge is 0.269 e. The highest BCUT2D eigenvalue weighted by molar-refractivity contribution is 7.08. The van der Waals surface area contributed by atoms with Crippen LogP contribution in [0.15, 0.2) is 48.8 Å². The average Bonchev–Trinajstić information content (AvgIpc) is 3.28. The summed E-state index contributed by atoms with van der Waals surface area (Å²) in [6, 6.07) is 11.8. The number of amides is 1. The number of fused-ring (bicyclic) bond motifs is 1. The second kappa shape index (κ2) is 7.28. The maximum absolute atomic E-state index is 12.6. The number of aryl methyl sites for hydroxylation is 2. The Kier molecular flexibility index (Phi) is 4.68. The highest BCUT2D eigenvalue weighted by Crippen LogP contribution is 2.24. The van der Waals surface area contributed by atoms with Crippen LogP contribution in [-0.4, -0.2) is 24.9 Å². The van der Waals surface area contributed by atoms with E-state index >= 15 is 0 Å². The van der Waals surface area contributed by atoms with E-state index in [1.54, 1.807) is 0 Å². The summed E-state index contributed by atoms with van der Waals surface area (Å²) in [6.45, 7) is 4.10. The van der Waals surface area contributed by atoms with Crippen LogP contribution in [0.2, 0.25) is 0 Å². The van der Waals surface area contributed by atoms with Gasteiger partial charge in [0.25, 0.3) is 5.91 Å². The van der Waals surface area contributed by atoms with Gasteiger partial charge in [-0.3, -0.25) is 4.79 Å². The molecule has 136 valence electrons. The minimum Gasteiger partial charge on any atom is -0.321 e. The maximum Gasteiger partial charge on any atom is 0.269 e. The first kappa shape index (κ1) is 17.4. The highest BCUT2D eigenvalue weighted by atomic mass is 32.1. The number of benzene rings is 1. The van der Waals surface area contributed by atoms with Gasteiger partial charge in [-0.25, -0.2) is 4.98 Å². The van der Waals surface area contributed by atoms with E-state index in [9.17, 15) is 4.79 Å². The fourth-order valence-electron chi connectivity index (χ4n) is 2.95. The summed E-state index contributed by atoms with van der Waals surface area (Å²) in [5, 5.41) is 7.01. The van der Waals surface area contributed by atoms with E-state index in [1.807, 2.05) is 60.1 Å². The molecule has 7 heteroatoms. The number of imidazole rings is 1. The van der Waals surface area contributed by atoms with Gasteiger partial charge in [0.1, 0.15) is 10.5 Å². The lowest BCUT2D eigenvalue weighted by Crippen LogP contribution is -2.12. The lowest BCUT2D eigenvalue weighted by molar-refractivity contribution is 0.102. The fraction of sp³-hybridized carbons (Fsp3) is 0.200. The van der Waals surface area contributed by atoms with Crippen LogP contribution in [0.25, 0.3) is 16.9 Å². The number of nitrogens with zero attached hydrogens (tertiary/aromatic N) is 4. The number of aromatic nitrogens is 4. The lowest BCUT2D eigenvalue weighted by atomic mass is 10.1. The van der Waals surface area contributed by atoms with Gasteiger partial charge in [0.2, 0.25) is 0 Å². The van der Waals surface area contributed by atoms with Crippen LogP contribution in [0.4, 0.5) is 5.69 Å². The summed E-state index contributed by atoms with van der Waals surface area (Å²) in [5.41, 5.74) is 5.36. The van der Waals surface area contributed by atoms with Gasteiger partial charge in [-0.05, 0) is 54.7 Å². The zero-order valence-electron chi connectivity index (χ0n) is 15.1. The number of hydrogen-bond donors (Lipinski definition) is 1. The summed E-state index contributed by atoms with van der Waals surface area (Å²) in [5.74, 6) is -0.170. The van der Waals surface area contributed by atoms with E-state index < -0.39 is 0 Å². The van der Waals surface area contributed by atoms with Gasteiger partial charge in [0, 0.05) is 23.6 Å². The Labute approximate surface area is 161 Å². The SMILES string of the molecule is CCCc1nnsc1C(=O)Nc1cccc(-c2cn3ccc(C)cc3n2)c1. The van der Waals surface area contributed by atoms with Crippen LogP contribution in [-0.2, 0) is 6.42 Å². The molecule has 27 heavy (non-hydrogen) atoms. The number of rotatable bonds is 5. The Bertz CT molecular complexity index is 1110. The van der Waals surface area contributed by atoms with E-state index in [1.165, 1.54) is 5.56 Å². The van der Waals surface area contributed by atoms with Crippen LogP contribution >= 0.6 is 11.5 Å². The third kappa shape index (κ3) is 3.59. The Hall–Kier alpha value is -3.06. The van der Waals surface area contributed by atoms with Crippen molar-refractivity contribution in [2.75, 3.05) is 5.32 Å². The van der Waals surface area contributed by atoms with E-state index in [0.717, 1.165) is 52.7 Å². The molecular weight excluding hydrogens is 358 g/mol. The van der Waals surface area contributed by atoms with Crippen LogP contribution in [0.3, 0.4) is 0 Å². The highest BCUT2D eigenvalue weighted by Gasteiger charge is 2.16. The first-order chi connectivity index (χ1) is 13.1. The van der Waals surface area contributed by atoms with Crippen molar-refractivity contribution >= 4 is 28.8 Å². The molecule has 0 saturated heterocycles. The van der Waals surface area contributed by atoms with Crippen molar-refractivity contribution in [1.82, 2.24) is 19.0 Å². The molecule has 0 fully saturated rings. The van der Waals surface area contributed by atoms with Gasteiger partial charge in [0.15, 0.2) is 0 Å². The molecule has 0 saturated carbocycles. The first-order valence-electron chi connectivity index (χ1n) is 8.82. The number of carbonyl (C=O) groups excluding carboxylic acids is 1. The van der Waals surface area contributed by atoms with Gasteiger partial charge in [-0.15, -0.1) is 5.10 Å². The largest absolute Gasteiger partial charge is 0.321 e. The van der Waals surface area contributed by atoms with Crippen molar-refractivity contribution in [3.63, 3.8) is 0 Å². The number of pyridine rings is 1. The molecule has 0 radical (unpaired) electrons. The third-order valence-electron chi connectivity index (χ3n) is 4.28. The lowest BCUT2D eigenvalue weighted by Gasteiger charge is -2.06. The van der Waals surface area contributed by atoms with Crippen LogP contribution in [0.5, 0.6) is 0 Å². The number of carbonyl (C=O) groups is 1. The maximum atomic E-state index is 12.6. The molecule has 4 rings (SSSR count). The monoisotopic (exact) mass is 377 g/mol. The molecule has 0 spiro atoms. The molecule has 0 bridgehead atoms. The Balaban J connectivity index is 1.60. The van der Waals surface area contributed by atoms with Crippen molar-refractivity contribution in [3.05, 3.63) is 64.9 Å². The molecule has 1 N–H and O–H groups in total. The molecule has 3 heterocycles. The van der Waals surface area contributed by atoms with Crippen molar-refractivity contribution < 1.29 is 4.79 Å². The van der Waals surface area contributed by atoms with Crippen molar-refractivity contribution in [3.8, 4) is 11.3 Å². The van der Waals surface area contributed by atoms with Crippen molar-refractivity contribution in [1.29, 1.82) is 0 Å². The summed E-state index contributed by atoms with van der Waals surface area (Å²) < 4.78 is 5.91. The molecule has 0 unspecified atom stereocenters. The molecule has 1 aromatic carbocycles. The van der Waals surface area contributed by atoms with Gasteiger partial charge < -0.3 is 9.72 Å². The first-order valence-corrected chi connectivity index (χ1v) is 9.60. The van der Waals surface area contributed by atoms with Gasteiger partial charge in [-0.2, -0.15) is 0 Å². The predicted octanol–water partition coefficient (Wildman–Crippen LogP) is 4.37. The molecule has 0 atom stereocenters. The molecular formula is C20H19N5OS. The Morgan fingerprint density at radius 3 is 3.00 bits per heavy atom. The second-order valence-corrected chi connectivity index (χ2v) is 7.18. The van der Waals surface area contributed by atoms with Gasteiger partial charge >= 0.3 is 0 Å². The molecule has 3 aromatic heterocycles. The van der Waals surface area contributed by atoms with Crippen molar-refractivity contribution in [2.45, 2.75) is 26.7 Å². The van der Waals surface area contributed by atoms with E-state index in [2.05, 4.69) is 26.8 Å². The topological polar surface area (TPSA) is 72.2 Å². The fourth-order valence-corrected chi connectivity index (χ4v) is 3.55. The van der Waals surface area contributed by atoms with Crippen molar-refractivity contribution in [2.24, 2.45) is 0 Å². The van der Waals surface area contributed by atoms with Crippen LogP contribution < -0.4 is 5.32 Å². The standard InChI is InChI=1S/C20H19N5OS/c1-3-5-16-19(27-24-23-16)20(26)21-15-7-4-6-14(11-15)17-12-25-9-8-13(2)10-18(25)22-17/h4,6-12H,3,5H2,1-2H3,(H,21,26). The van der Waals surface area contributed by atoms with Crippen LogP contribution in [0, 0.1) is 6.92 Å². The number of anilines is 1. The molecule has 0 aliphatic carbocycles. The average molecular weight is 377 g/mol. The number of nitrogens with one attached hydrogen (secondary N) is 1. The summed E-state index contributed by atoms with van der Waals surface area (Å²) >= 11 is 1.13. The molecule has 1 amide bonds. The Morgan fingerprint density at radius 1 is 1.26 bits per heavy atom. The van der Waals surface area contributed by atoms with Crippen LogP contribution in [0.1, 0.15) is 34.3 Å². The van der Waals surface area contributed by atoms with E-state index in [0.29, 0.717) is 4.88 Å². The predicted molar refractivity (Wildman–Crippen MR) is 107 cm³/mol. The molecule has 6 nitrogen and oxygen atoms in total. The summed E-state index contributed by atoms with van der Waals surface area (Å²) in [6.07, 6.45) is 5.66. The molecule has 4 aromatic rings. The zero-order chi connectivity index (χ0) is 18.8. The third-order valence-corrected chi connectivity index (χ3v) is 5.05. The normalized spacial score (nSPS) is 11.0. The van der Waals surface area contributed by atoms with Gasteiger partial charge in [-0.1, -0.05) is 30.0 Å². The molecule has 0 aliphatic rings.